The van der Waals surface area contributed by atoms with Crippen LogP contribution in [-0.4, -0.2) is 24.9 Å². The molecule has 0 aliphatic heterocycles. The Kier molecular flexibility index (Phi) is 5.01. The minimum absolute atomic E-state index is 0.118. The number of hydrogen-bond acceptors (Lipinski definition) is 9. The predicted molar refractivity (Wildman–Crippen MR) is 102 cm³/mol. The maximum Gasteiger partial charge on any atom is 0.471 e. The smallest absolute Gasteiger partial charge is 0.376 e. The Balaban J connectivity index is 1.40. The van der Waals surface area contributed by atoms with Crippen LogP contribution in [0.3, 0.4) is 0 Å². The third-order valence-corrected chi connectivity index (χ3v) is 4.34. The fraction of sp³-hybridized carbons (Fsp3) is 0.222. The number of nitrogens with zero attached hydrogens (tertiary/aromatic N) is 5. The third kappa shape index (κ3) is 4.15. The first kappa shape index (κ1) is 20.3. The molecule has 31 heavy (non-hydrogen) atoms. The van der Waals surface area contributed by atoms with E-state index in [0.717, 1.165) is 5.56 Å². The highest BCUT2D eigenvalue weighted by molar-refractivity contribution is 5.74. The van der Waals surface area contributed by atoms with Crippen molar-refractivity contribution in [3.8, 4) is 11.4 Å². The molecule has 0 saturated carbocycles. The van der Waals surface area contributed by atoms with Gasteiger partial charge in [-0.1, -0.05) is 5.16 Å². The molecule has 4 rings (SSSR count). The van der Waals surface area contributed by atoms with Gasteiger partial charge in [-0.2, -0.15) is 23.3 Å². The van der Waals surface area contributed by atoms with Crippen molar-refractivity contribution in [1.82, 2.24) is 24.9 Å². The maximum atomic E-state index is 12.6. The van der Waals surface area contributed by atoms with E-state index in [1.165, 1.54) is 18.3 Å². The van der Waals surface area contributed by atoms with Crippen LogP contribution in [0.2, 0.25) is 0 Å². The average Bonchev–Trinajstić information content (AvgIpc) is 3.39. The number of anilines is 2. The van der Waals surface area contributed by atoms with E-state index in [9.17, 15) is 22.8 Å². The molecule has 0 aliphatic carbocycles. The van der Waals surface area contributed by atoms with Crippen LogP contribution in [0, 0.1) is 0 Å². The van der Waals surface area contributed by atoms with Gasteiger partial charge < -0.3 is 15.2 Å². The van der Waals surface area contributed by atoms with Gasteiger partial charge in [-0.15, -0.1) is 0 Å². The van der Waals surface area contributed by atoms with Crippen LogP contribution in [-0.2, 0) is 26.3 Å². The lowest BCUT2D eigenvalue weighted by molar-refractivity contribution is -0.159. The van der Waals surface area contributed by atoms with Crippen LogP contribution in [0.5, 0.6) is 0 Å². The molecule has 10 nitrogen and oxygen atoms in total. The molecule has 0 unspecified atom stereocenters. The van der Waals surface area contributed by atoms with E-state index >= 15 is 0 Å². The lowest BCUT2D eigenvalue weighted by Crippen LogP contribution is -2.37. The minimum Gasteiger partial charge on any atom is -0.376 e. The molecule has 0 fully saturated rings. The minimum atomic E-state index is -4.73. The number of halogens is 3. The number of rotatable bonds is 7. The Morgan fingerprint density at radius 2 is 1.77 bits per heavy atom. The number of aryl methyl sites for hydroxylation is 1. The normalized spacial score (nSPS) is 11.7. The van der Waals surface area contributed by atoms with Gasteiger partial charge in [0.15, 0.2) is 0 Å². The molecule has 1 aromatic carbocycles. The largest absolute Gasteiger partial charge is 0.471 e. The van der Waals surface area contributed by atoms with Crippen LogP contribution in [0.15, 0.2) is 44.8 Å². The summed E-state index contributed by atoms with van der Waals surface area (Å²) in [7, 11) is 1.76. The van der Waals surface area contributed by atoms with Crippen LogP contribution in [0.1, 0.15) is 17.1 Å². The van der Waals surface area contributed by atoms with Crippen molar-refractivity contribution in [3.05, 3.63) is 68.3 Å². The zero-order valence-electron chi connectivity index (χ0n) is 15.9. The summed E-state index contributed by atoms with van der Waals surface area (Å²) in [6, 6.07) is 3.00. The summed E-state index contributed by atoms with van der Waals surface area (Å²) in [5, 5.41) is 13.1. The first-order valence-corrected chi connectivity index (χ1v) is 8.87. The second kappa shape index (κ2) is 7.66. The van der Waals surface area contributed by atoms with Crippen molar-refractivity contribution >= 4 is 11.4 Å². The van der Waals surface area contributed by atoms with Crippen molar-refractivity contribution in [1.29, 1.82) is 0 Å². The first-order valence-electron chi connectivity index (χ1n) is 8.87. The van der Waals surface area contributed by atoms with E-state index in [4.69, 9.17) is 0 Å². The molecule has 4 aromatic rings. The molecule has 3 heterocycles. The standard InChI is InChI=1S/C18H14F3N7O3/c1-28-8-9(5-25-28)4-23-12-13(15(30)14(12)29)24-7-11-3-2-10(6-22-11)16-26-17(31-27-16)18(19,20)21/h2-3,5-6,8,23-24H,4,7H2,1H3. The Bertz CT molecular complexity index is 1280. The molecule has 0 spiro atoms. The fourth-order valence-corrected chi connectivity index (χ4v) is 2.78. The predicted octanol–water partition coefficient (Wildman–Crippen LogP) is 1.70. The highest BCUT2D eigenvalue weighted by atomic mass is 19.4. The van der Waals surface area contributed by atoms with Gasteiger partial charge in [-0.05, 0) is 12.1 Å². The number of hydrogen-bond donors (Lipinski definition) is 2. The Hall–Kier alpha value is -4.03. The van der Waals surface area contributed by atoms with Gasteiger partial charge in [0, 0.05) is 37.1 Å². The number of pyridine rings is 1. The molecule has 0 atom stereocenters. The Labute approximate surface area is 171 Å². The van der Waals surface area contributed by atoms with Crippen molar-refractivity contribution in [2.45, 2.75) is 19.3 Å². The summed E-state index contributed by atoms with van der Waals surface area (Å²) in [4.78, 5) is 31.1. The summed E-state index contributed by atoms with van der Waals surface area (Å²) in [5.74, 6) is -1.69. The zero-order chi connectivity index (χ0) is 22.2. The molecule has 0 aliphatic rings. The molecule has 2 N–H and O–H groups in total. The van der Waals surface area contributed by atoms with Gasteiger partial charge in [-0.3, -0.25) is 19.3 Å². The summed E-state index contributed by atoms with van der Waals surface area (Å²) in [6.07, 6.45) is -0.0333. The van der Waals surface area contributed by atoms with Crippen molar-refractivity contribution in [2.24, 2.45) is 7.05 Å². The number of aromatic nitrogens is 5. The van der Waals surface area contributed by atoms with Crippen LogP contribution >= 0.6 is 0 Å². The first-order chi connectivity index (χ1) is 14.7. The zero-order valence-corrected chi connectivity index (χ0v) is 15.9. The van der Waals surface area contributed by atoms with Crippen molar-refractivity contribution < 1.29 is 17.7 Å². The second-order valence-corrected chi connectivity index (χ2v) is 6.60. The van der Waals surface area contributed by atoms with Gasteiger partial charge in [0.05, 0.1) is 18.4 Å². The molecular formula is C18H14F3N7O3. The summed E-state index contributed by atoms with van der Waals surface area (Å²) >= 11 is 0. The monoisotopic (exact) mass is 433 g/mol. The van der Waals surface area contributed by atoms with E-state index in [1.54, 1.807) is 24.1 Å². The van der Waals surface area contributed by atoms with Gasteiger partial charge in [0.2, 0.25) is 5.82 Å². The average molecular weight is 433 g/mol. The molecule has 0 radical (unpaired) electrons. The summed E-state index contributed by atoms with van der Waals surface area (Å²) in [5.41, 5.74) is 0.619. The highest BCUT2D eigenvalue weighted by Gasteiger charge is 2.38. The second-order valence-electron chi connectivity index (χ2n) is 6.60. The molecule has 13 heteroatoms. The van der Waals surface area contributed by atoms with E-state index in [1.807, 2.05) is 0 Å². The van der Waals surface area contributed by atoms with Gasteiger partial charge in [0.25, 0.3) is 10.9 Å². The molecule has 3 aromatic heterocycles. The molecule has 160 valence electrons. The number of alkyl halides is 3. The van der Waals surface area contributed by atoms with E-state index in [2.05, 4.69) is 35.4 Å². The SMILES string of the molecule is Cn1cc(CNc2c(NCc3ccc(-c4noc(C(F)(F)F)n4)cn3)c(=O)c2=O)cn1. The van der Waals surface area contributed by atoms with Crippen LogP contribution < -0.4 is 21.5 Å². The highest BCUT2D eigenvalue weighted by Crippen LogP contribution is 2.29. The summed E-state index contributed by atoms with van der Waals surface area (Å²) in [6.45, 7) is 0.442. The maximum absolute atomic E-state index is 12.6. The van der Waals surface area contributed by atoms with E-state index in [-0.39, 0.29) is 29.3 Å². The molecule has 0 saturated heterocycles. The van der Waals surface area contributed by atoms with E-state index in [0.29, 0.717) is 12.2 Å². The van der Waals surface area contributed by atoms with Gasteiger partial charge in [-0.25, -0.2) is 0 Å². The topological polar surface area (TPSA) is 128 Å². The Morgan fingerprint density at radius 3 is 2.32 bits per heavy atom. The lowest BCUT2D eigenvalue weighted by Gasteiger charge is -2.14. The fourth-order valence-electron chi connectivity index (χ4n) is 2.78. The van der Waals surface area contributed by atoms with Crippen LogP contribution in [0.25, 0.3) is 11.4 Å². The molecule has 0 amide bonds. The summed E-state index contributed by atoms with van der Waals surface area (Å²) < 4.78 is 43.5. The number of nitrogens with one attached hydrogen (secondary N) is 2. The molecule has 0 bridgehead atoms. The molecular weight excluding hydrogens is 419 g/mol. The lowest BCUT2D eigenvalue weighted by atomic mass is 10.1. The Morgan fingerprint density at radius 1 is 1.06 bits per heavy atom. The third-order valence-electron chi connectivity index (χ3n) is 4.34. The van der Waals surface area contributed by atoms with Crippen molar-refractivity contribution in [2.75, 3.05) is 10.6 Å². The van der Waals surface area contributed by atoms with Gasteiger partial charge >= 0.3 is 12.1 Å². The van der Waals surface area contributed by atoms with Gasteiger partial charge in [0.1, 0.15) is 11.4 Å². The van der Waals surface area contributed by atoms with Crippen molar-refractivity contribution in [3.63, 3.8) is 0 Å². The quantitative estimate of drug-likeness (QED) is 0.419. The van der Waals surface area contributed by atoms with Crippen LogP contribution in [0.4, 0.5) is 24.5 Å². The van der Waals surface area contributed by atoms with E-state index < -0.39 is 22.9 Å².